The van der Waals surface area contributed by atoms with Gasteiger partial charge in [0.15, 0.2) is 0 Å². The minimum atomic E-state index is -1.40. The fraction of sp³-hybridized carbons (Fsp3) is 0.231. The van der Waals surface area contributed by atoms with Crippen LogP contribution < -0.4 is 5.32 Å². The number of pyridine rings is 1. The van der Waals surface area contributed by atoms with Crippen LogP contribution in [0.25, 0.3) is 10.9 Å². The zero-order valence-corrected chi connectivity index (χ0v) is 9.77. The first-order valence-electron chi connectivity index (χ1n) is 5.36. The number of carbonyl (C=O) groups is 1. The minimum absolute atomic E-state index is 0.436. The third kappa shape index (κ3) is 2.42. The molecule has 1 amide bonds. The molecule has 2 rings (SSSR count). The van der Waals surface area contributed by atoms with Gasteiger partial charge in [-0.2, -0.15) is 0 Å². The molecule has 0 spiro atoms. The van der Waals surface area contributed by atoms with Crippen LogP contribution in [-0.2, 0) is 4.79 Å². The second kappa shape index (κ2) is 4.14. The molecule has 0 bridgehead atoms. The number of aromatic nitrogens is 1. The van der Waals surface area contributed by atoms with E-state index in [1.807, 2.05) is 24.3 Å². The normalized spacial score (nSPS) is 11.5. The Morgan fingerprint density at radius 3 is 2.76 bits per heavy atom. The Bertz CT molecular complexity index is 553. The summed E-state index contributed by atoms with van der Waals surface area (Å²) in [6.07, 6.45) is 1.70. The second-order valence-corrected chi connectivity index (χ2v) is 4.39. The molecule has 0 saturated heterocycles. The van der Waals surface area contributed by atoms with E-state index in [4.69, 9.17) is 0 Å². The quantitative estimate of drug-likeness (QED) is 0.828. The summed E-state index contributed by atoms with van der Waals surface area (Å²) < 4.78 is 0. The molecule has 2 N–H and O–H groups in total. The Hall–Kier alpha value is -1.94. The largest absolute Gasteiger partial charge is 0.381 e. The lowest BCUT2D eigenvalue weighted by Crippen LogP contribution is -2.36. The molecular weight excluding hydrogens is 216 g/mol. The highest BCUT2D eigenvalue weighted by Gasteiger charge is 2.24. The molecule has 1 aromatic carbocycles. The first-order valence-corrected chi connectivity index (χ1v) is 5.36. The third-order valence-electron chi connectivity index (χ3n) is 2.45. The summed E-state index contributed by atoms with van der Waals surface area (Å²) in [5.74, 6) is -0.436. The van der Waals surface area contributed by atoms with Crippen LogP contribution in [0.3, 0.4) is 0 Å². The zero-order valence-electron chi connectivity index (χ0n) is 9.77. The van der Waals surface area contributed by atoms with Gasteiger partial charge in [0, 0.05) is 11.6 Å². The molecule has 2 aromatic rings. The zero-order chi connectivity index (χ0) is 12.5. The molecule has 0 atom stereocenters. The maximum absolute atomic E-state index is 11.7. The average Bonchev–Trinajstić information content (AvgIpc) is 2.28. The predicted molar refractivity (Wildman–Crippen MR) is 66.7 cm³/mol. The van der Waals surface area contributed by atoms with Crippen molar-refractivity contribution in [3.63, 3.8) is 0 Å². The maximum Gasteiger partial charge on any atom is 0.255 e. The van der Waals surface area contributed by atoms with Crippen molar-refractivity contribution in [2.75, 3.05) is 5.32 Å². The molecule has 88 valence electrons. The van der Waals surface area contributed by atoms with Gasteiger partial charge in [-0.15, -0.1) is 0 Å². The van der Waals surface area contributed by atoms with E-state index < -0.39 is 11.5 Å². The standard InChI is InChI=1S/C13H14N2O2/c1-13(2,17)12(16)15-11-7-3-6-10-9(11)5-4-8-14-10/h3-8,17H,1-2H3,(H,15,16). The van der Waals surface area contributed by atoms with Gasteiger partial charge >= 0.3 is 0 Å². The van der Waals surface area contributed by atoms with E-state index in [0.717, 1.165) is 10.9 Å². The number of amides is 1. The fourth-order valence-corrected chi connectivity index (χ4v) is 1.49. The van der Waals surface area contributed by atoms with Crippen molar-refractivity contribution in [2.24, 2.45) is 0 Å². The van der Waals surface area contributed by atoms with Crippen molar-refractivity contribution in [2.45, 2.75) is 19.4 Å². The van der Waals surface area contributed by atoms with Gasteiger partial charge in [0.1, 0.15) is 5.60 Å². The first kappa shape index (κ1) is 11.5. The SMILES string of the molecule is CC(C)(O)C(=O)Nc1cccc2ncccc12. The van der Waals surface area contributed by atoms with Crippen LogP contribution in [0.15, 0.2) is 36.5 Å². The van der Waals surface area contributed by atoms with E-state index in [2.05, 4.69) is 10.3 Å². The van der Waals surface area contributed by atoms with Crippen LogP contribution in [0.5, 0.6) is 0 Å². The average molecular weight is 230 g/mol. The van der Waals surface area contributed by atoms with Crippen molar-refractivity contribution in [1.29, 1.82) is 0 Å². The molecule has 0 aliphatic heterocycles. The van der Waals surface area contributed by atoms with Crippen LogP contribution in [0, 0.1) is 0 Å². The van der Waals surface area contributed by atoms with Gasteiger partial charge in [-0.3, -0.25) is 9.78 Å². The molecule has 0 aliphatic carbocycles. The molecular formula is C13H14N2O2. The van der Waals surface area contributed by atoms with Gasteiger partial charge in [-0.25, -0.2) is 0 Å². The van der Waals surface area contributed by atoms with E-state index in [9.17, 15) is 9.90 Å². The van der Waals surface area contributed by atoms with Crippen molar-refractivity contribution in [1.82, 2.24) is 4.98 Å². The van der Waals surface area contributed by atoms with Crippen LogP contribution in [0.2, 0.25) is 0 Å². The number of benzene rings is 1. The lowest BCUT2D eigenvalue weighted by Gasteiger charge is -2.17. The molecule has 0 fully saturated rings. The topological polar surface area (TPSA) is 62.2 Å². The summed E-state index contributed by atoms with van der Waals surface area (Å²) >= 11 is 0. The molecule has 17 heavy (non-hydrogen) atoms. The second-order valence-electron chi connectivity index (χ2n) is 4.39. The van der Waals surface area contributed by atoms with Gasteiger partial charge in [-0.1, -0.05) is 6.07 Å². The first-order chi connectivity index (χ1) is 7.98. The highest BCUT2D eigenvalue weighted by molar-refractivity contribution is 6.03. The Morgan fingerprint density at radius 1 is 1.29 bits per heavy atom. The van der Waals surface area contributed by atoms with Gasteiger partial charge < -0.3 is 10.4 Å². The van der Waals surface area contributed by atoms with E-state index in [1.54, 1.807) is 12.3 Å². The van der Waals surface area contributed by atoms with Gasteiger partial charge in [0.25, 0.3) is 5.91 Å². The third-order valence-corrected chi connectivity index (χ3v) is 2.45. The lowest BCUT2D eigenvalue weighted by molar-refractivity contribution is -0.130. The Morgan fingerprint density at radius 2 is 2.06 bits per heavy atom. The van der Waals surface area contributed by atoms with Crippen LogP contribution in [0.1, 0.15) is 13.8 Å². The monoisotopic (exact) mass is 230 g/mol. The maximum atomic E-state index is 11.7. The number of carbonyl (C=O) groups excluding carboxylic acids is 1. The lowest BCUT2D eigenvalue weighted by atomic mass is 10.1. The number of hydrogen-bond acceptors (Lipinski definition) is 3. The highest BCUT2D eigenvalue weighted by Crippen LogP contribution is 2.22. The van der Waals surface area contributed by atoms with Crippen LogP contribution >= 0.6 is 0 Å². The number of hydrogen-bond donors (Lipinski definition) is 2. The van der Waals surface area contributed by atoms with Crippen molar-refractivity contribution >= 4 is 22.5 Å². The van der Waals surface area contributed by atoms with Gasteiger partial charge in [0.05, 0.1) is 11.2 Å². The van der Waals surface area contributed by atoms with E-state index in [1.165, 1.54) is 13.8 Å². The molecule has 0 aliphatic rings. The molecule has 0 unspecified atom stereocenters. The molecule has 4 heteroatoms. The number of nitrogens with zero attached hydrogens (tertiary/aromatic N) is 1. The number of aliphatic hydroxyl groups is 1. The summed E-state index contributed by atoms with van der Waals surface area (Å²) in [6, 6.07) is 9.16. The van der Waals surface area contributed by atoms with Gasteiger partial charge in [-0.05, 0) is 38.1 Å². The number of rotatable bonds is 2. The van der Waals surface area contributed by atoms with Crippen LogP contribution in [0.4, 0.5) is 5.69 Å². The molecule has 1 aromatic heterocycles. The van der Waals surface area contributed by atoms with Crippen molar-refractivity contribution < 1.29 is 9.90 Å². The summed E-state index contributed by atoms with van der Waals surface area (Å²) in [5, 5.41) is 13.1. The van der Waals surface area contributed by atoms with Gasteiger partial charge in [0.2, 0.25) is 0 Å². The highest BCUT2D eigenvalue weighted by atomic mass is 16.3. The number of fused-ring (bicyclic) bond motifs is 1. The smallest absolute Gasteiger partial charge is 0.255 e. The van der Waals surface area contributed by atoms with E-state index in [-0.39, 0.29) is 0 Å². The predicted octanol–water partition coefficient (Wildman–Crippen LogP) is 1.94. The summed E-state index contributed by atoms with van der Waals surface area (Å²) in [5.41, 5.74) is 0.0634. The Labute approximate surface area is 99.3 Å². The molecule has 0 radical (unpaired) electrons. The number of nitrogens with one attached hydrogen (secondary N) is 1. The Balaban J connectivity index is 2.40. The molecule has 0 saturated carbocycles. The fourth-order valence-electron chi connectivity index (χ4n) is 1.49. The minimum Gasteiger partial charge on any atom is -0.381 e. The Kier molecular flexibility index (Phi) is 2.81. The van der Waals surface area contributed by atoms with E-state index >= 15 is 0 Å². The van der Waals surface area contributed by atoms with Crippen molar-refractivity contribution in [3.05, 3.63) is 36.5 Å². The molecule has 1 heterocycles. The summed E-state index contributed by atoms with van der Waals surface area (Å²) in [4.78, 5) is 15.9. The van der Waals surface area contributed by atoms with E-state index in [0.29, 0.717) is 5.69 Å². The molecule has 4 nitrogen and oxygen atoms in total. The van der Waals surface area contributed by atoms with Crippen molar-refractivity contribution in [3.8, 4) is 0 Å². The number of anilines is 1. The summed E-state index contributed by atoms with van der Waals surface area (Å²) in [6.45, 7) is 2.90. The van der Waals surface area contributed by atoms with Crippen LogP contribution in [-0.4, -0.2) is 21.6 Å². The summed E-state index contributed by atoms with van der Waals surface area (Å²) in [7, 11) is 0.